The molecule has 7 nitrogen and oxygen atoms in total. The molecule has 1 saturated carbocycles. The number of ether oxygens (including phenoxy) is 2. The molecule has 1 heterocycles. The van der Waals surface area contributed by atoms with Gasteiger partial charge in [-0.25, -0.2) is 14.6 Å². The predicted octanol–water partition coefficient (Wildman–Crippen LogP) is 4.50. The largest absolute Gasteiger partial charge is 0.466 e. The second kappa shape index (κ2) is 10.5. The summed E-state index contributed by atoms with van der Waals surface area (Å²) in [5, 5.41) is 2.71. The van der Waals surface area contributed by atoms with Crippen LogP contribution in [0.4, 0.5) is 4.79 Å². The number of imidazole rings is 1. The first kappa shape index (κ1) is 23.0. The molecule has 0 spiro atoms. The summed E-state index contributed by atoms with van der Waals surface area (Å²) in [4.78, 5) is 28.3. The summed E-state index contributed by atoms with van der Waals surface area (Å²) in [6.07, 6.45) is 11.1. The second-order valence-electron chi connectivity index (χ2n) is 8.85. The van der Waals surface area contributed by atoms with Gasteiger partial charge in [0.15, 0.2) is 0 Å². The van der Waals surface area contributed by atoms with Crippen molar-refractivity contribution >= 4 is 18.1 Å². The highest BCUT2D eigenvalue weighted by Crippen LogP contribution is 2.31. The van der Waals surface area contributed by atoms with Crippen molar-refractivity contribution in [2.45, 2.75) is 77.9 Å². The fourth-order valence-electron chi connectivity index (χ4n) is 3.49. The van der Waals surface area contributed by atoms with Crippen LogP contribution >= 0.6 is 0 Å². The summed E-state index contributed by atoms with van der Waals surface area (Å²) >= 11 is 0. The molecule has 1 N–H and O–H groups in total. The molecule has 0 bridgehead atoms. The van der Waals surface area contributed by atoms with Gasteiger partial charge in [0.1, 0.15) is 5.60 Å². The van der Waals surface area contributed by atoms with Crippen LogP contribution in [0.5, 0.6) is 0 Å². The molecule has 1 fully saturated rings. The Bertz CT molecular complexity index is 710. The van der Waals surface area contributed by atoms with Crippen molar-refractivity contribution in [1.29, 1.82) is 0 Å². The molecule has 7 heteroatoms. The monoisotopic (exact) mass is 405 g/mol. The first-order valence-corrected chi connectivity index (χ1v) is 10.5. The van der Waals surface area contributed by atoms with Gasteiger partial charge >= 0.3 is 12.1 Å². The first-order valence-electron chi connectivity index (χ1n) is 10.5. The van der Waals surface area contributed by atoms with Crippen molar-refractivity contribution < 1.29 is 19.1 Å². The summed E-state index contributed by atoms with van der Waals surface area (Å²) < 4.78 is 12.3. The highest BCUT2D eigenvalue weighted by Gasteiger charge is 2.20. The van der Waals surface area contributed by atoms with Crippen LogP contribution in [0.2, 0.25) is 0 Å². The number of nitrogens with one attached hydrogen (secondary N) is 1. The number of hydrogen-bond acceptors (Lipinski definition) is 5. The normalized spacial score (nSPS) is 20.2. The zero-order chi connectivity index (χ0) is 21.4. The van der Waals surface area contributed by atoms with E-state index in [1.807, 2.05) is 33.3 Å². The Morgan fingerprint density at radius 3 is 2.59 bits per heavy atom. The maximum atomic E-state index is 12.1. The fourth-order valence-corrected chi connectivity index (χ4v) is 3.49. The lowest BCUT2D eigenvalue weighted by molar-refractivity contribution is -0.136. The minimum Gasteiger partial charge on any atom is -0.466 e. The SMILES string of the molecule is COC(=O)/C(=C/c1cn([C@H]2CC[C@H](C)CC2)cn1)CCCNC(=O)OC(C)(C)C. The second-order valence-corrected chi connectivity index (χ2v) is 8.85. The van der Waals surface area contributed by atoms with E-state index < -0.39 is 11.7 Å². The minimum atomic E-state index is -0.531. The maximum Gasteiger partial charge on any atom is 0.407 e. The average molecular weight is 406 g/mol. The lowest BCUT2D eigenvalue weighted by Gasteiger charge is -2.26. The molecule has 0 unspecified atom stereocenters. The van der Waals surface area contributed by atoms with Crippen molar-refractivity contribution in [2.75, 3.05) is 13.7 Å². The number of amides is 1. The number of hydrogen-bond donors (Lipinski definition) is 1. The van der Waals surface area contributed by atoms with Gasteiger partial charge in [-0.05, 0) is 71.3 Å². The zero-order valence-electron chi connectivity index (χ0n) is 18.4. The van der Waals surface area contributed by atoms with Gasteiger partial charge in [0, 0.05) is 24.4 Å². The molecule has 1 aliphatic carbocycles. The molecule has 1 aliphatic rings. The van der Waals surface area contributed by atoms with Crippen LogP contribution < -0.4 is 5.32 Å². The smallest absolute Gasteiger partial charge is 0.407 e. The van der Waals surface area contributed by atoms with Crippen LogP contribution in [0.1, 0.15) is 78.0 Å². The van der Waals surface area contributed by atoms with Crippen molar-refractivity contribution in [2.24, 2.45) is 5.92 Å². The molecule has 0 aliphatic heterocycles. The van der Waals surface area contributed by atoms with Gasteiger partial charge in [-0.15, -0.1) is 0 Å². The topological polar surface area (TPSA) is 82.5 Å². The predicted molar refractivity (Wildman–Crippen MR) is 112 cm³/mol. The van der Waals surface area contributed by atoms with Crippen LogP contribution in [0.15, 0.2) is 18.1 Å². The molecule has 0 saturated heterocycles. The van der Waals surface area contributed by atoms with E-state index in [0.29, 0.717) is 31.0 Å². The summed E-state index contributed by atoms with van der Waals surface area (Å²) in [6, 6.07) is 0.487. The first-order chi connectivity index (χ1) is 13.7. The molecule has 1 amide bonds. The molecule has 0 aromatic carbocycles. The van der Waals surface area contributed by atoms with Crippen molar-refractivity contribution in [3.8, 4) is 0 Å². The number of alkyl carbamates (subject to hydrolysis) is 1. The fraction of sp³-hybridized carbons (Fsp3) is 0.682. The van der Waals surface area contributed by atoms with Crippen LogP contribution in [-0.4, -0.2) is 40.9 Å². The van der Waals surface area contributed by atoms with E-state index in [0.717, 1.165) is 11.6 Å². The number of rotatable bonds is 7. The van der Waals surface area contributed by atoms with Gasteiger partial charge < -0.3 is 19.4 Å². The number of aromatic nitrogens is 2. The van der Waals surface area contributed by atoms with Gasteiger partial charge in [0.05, 0.1) is 19.1 Å². The molecule has 1 aromatic rings. The van der Waals surface area contributed by atoms with Gasteiger partial charge in [0.25, 0.3) is 0 Å². The molecular weight excluding hydrogens is 370 g/mol. The van der Waals surface area contributed by atoms with E-state index >= 15 is 0 Å². The third-order valence-electron chi connectivity index (χ3n) is 5.09. The van der Waals surface area contributed by atoms with E-state index in [9.17, 15) is 9.59 Å². The Kier molecular flexibility index (Phi) is 8.29. The van der Waals surface area contributed by atoms with E-state index in [4.69, 9.17) is 9.47 Å². The highest BCUT2D eigenvalue weighted by atomic mass is 16.6. The van der Waals surface area contributed by atoms with E-state index in [1.165, 1.54) is 32.8 Å². The lowest BCUT2D eigenvalue weighted by atomic mass is 9.87. The maximum absolute atomic E-state index is 12.1. The van der Waals surface area contributed by atoms with Gasteiger partial charge in [-0.3, -0.25) is 0 Å². The van der Waals surface area contributed by atoms with Crippen LogP contribution in [0.3, 0.4) is 0 Å². The molecule has 2 rings (SSSR count). The minimum absolute atomic E-state index is 0.372. The van der Waals surface area contributed by atoms with E-state index in [-0.39, 0.29) is 5.97 Å². The quantitative estimate of drug-likeness (QED) is 0.410. The number of carbonyl (C=O) groups excluding carboxylic acids is 2. The highest BCUT2D eigenvalue weighted by molar-refractivity contribution is 5.93. The van der Waals surface area contributed by atoms with Crippen molar-refractivity contribution in [1.82, 2.24) is 14.9 Å². The number of carbonyl (C=O) groups is 2. The average Bonchev–Trinajstić information content (AvgIpc) is 3.11. The molecule has 0 radical (unpaired) electrons. The van der Waals surface area contributed by atoms with Crippen LogP contribution in [0, 0.1) is 5.92 Å². The summed E-state index contributed by atoms with van der Waals surface area (Å²) in [6.45, 7) is 8.17. The Morgan fingerprint density at radius 1 is 1.28 bits per heavy atom. The molecule has 162 valence electrons. The third kappa shape index (κ3) is 7.91. The van der Waals surface area contributed by atoms with Crippen molar-refractivity contribution in [3.05, 3.63) is 23.8 Å². The Labute approximate surface area is 173 Å². The molecule has 0 atom stereocenters. The van der Waals surface area contributed by atoms with E-state index in [2.05, 4.69) is 21.8 Å². The van der Waals surface area contributed by atoms with Crippen LogP contribution in [0.25, 0.3) is 6.08 Å². The number of esters is 1. The standard InChI is InChI=1S/C22H35N3O4/c1-16-8-10-19(11-9-16)25-14-18(24-15-25)13-17(20(26)28-5)7-6-12-23-21(27)29-22(2,3)4/h13-16,19H,6-12H2,1-5H3,(H,23,27)/b17-13+/t16-,19-. The van der Waals surface area contributed by atoms with Gasteiger partial charge in [0.2, 0.25) is 0 Å². The summed E-state index contributed by atoms with van der Waals surface area (Å²) in [5.41, 5.74) is 0.765. The summed E-state index contributed by atoms with van der Waals surface area (Å²) in [5.74, 6) is 0.428. The zero-order valence-corrected chi connectivity index (χ0v) is 18.4. The summed E-state index contributed by atoms with van der Waals surface area (Å²) in [7, 11) is 1.37. The number of methoxy groups -OCH3 is 1. The van der Waals surface area contributed by atoms with E-state index in [1.54, 1.807) is 6.08 Å². The van der Waals surface area contributed by atoms with Gasteiger partial charge in [-0.2, -0.15) is 0 Å². The molecule has 1 aromatic heterocycles. The molecule has 29 heavy (non-hydrogen) atoms. The Hall–Kier alpha value is -2.31. The lowest BCUT2D eigenvalue weighted by Crippen LogP contribution is -2.33. The Morgan fingerprint density at radius 2 is 1.97 bits per heavy atom. The number of nitrogens with zero attached hydrogens (tertiary/aromatic N) is 2. The van der Waals surface area contributed by atoms with Gasteiger partial charge in [-0.1, -0.05) is 6.92 Å². The Balaban J connectivity index is 1.92. The molecular formula is C22H35N3O4. The third-order valence-corrected chi connectivity index (χ3v) is 5.09. The van der Waals surface area contributed by atoms with Crippen molar-refractivity contribution in [3.63, 3.8) is 0 Å². The van der Waals surface area contributed by atoms with Crippen LogP contribution in [-0.2, 0) is 14.3 Å².